The molecule has 11 nitrogen and oxygen atoms in total. The van der Waals surface area contributed by atoms with Crippen LogP contribution in [-0.2, 0) is 24.8 Å². The minimum atomic E-state index is -4.19. The molecule has 14 heteroatoms. The van der Waals surface area contributed by atoms with Crippen molar-refractivity contribution >= 4 is 47.4 Å². The number of aromatic nitrogens is 1. The van der Waals surface area contributed by atoms with E-state index in [1.165, 1.54) is 18.3 Å². The van der Waals surface area contributed by atoms with Crippen LogP contribution in [0.3, 0.4) is 0 Å². The quantitative estimate of drug-likeness (QED) is 0.323. The number of nitrogens with zero attached hydrogens (tertiary/aromatic N) is 4. The summed E-state index contributed by atoms with van der Waals surface area (Å²) in [7, 11) is -8.35. The van der Waals surface area contributed by atoms with Gasteiger partial charge in [-0.1, -0.05) is 17.7 Å². The van der Waals surface area contributed by atoms with E-state index in [1.807, 2.05) is 6.92 Å². The zero-order chi connectivity index (χ0) is 25.8. The number of hydrogen-bond acceptors (Lipinski definition) is 8. The van der Waals surface area contributed by atoms with E-state index < -0.39 is 37.2 Å². The minimum absolute atomic E-state index is 0.0265. The first-order chi connectivity index (χ1) is 17.0. The number of rotatable bonds is 5. The van der Waals surface area contributed by atoms with Crippen LogP contribution in [0.5, 0.6) is 0 Å². The highest BCUT2D eigenvalue weighted by atomic mass is 79.9. The van der Waals surface area contributed by atoms with Crippen molar-refractivity contribution in [3.8, 4) is 0 Å². The predicted octanol–water partition coefficient (Wildman–Crippen LogP) is 3.36. The Morgan fingerprint density at radius 3 is 2.28 bits per heavy atom. The number of halogens is 1. The number of sulfonamides is 2. The number of benzene rings is 2. The van der Waals surface area contributed by atoms with E-state index in [4.69, 9.17) is 4.74 Å². The summed E-state index contributed by atoms with van der Waals surface area (Å²) in [5.74, 6) is 0. The molecule has 0 unspecified atom stereocenters. The van der Waals surface area contributed by atoms with E-state index in [1.54, 1.807) is 18.2 Å². The number of ether oxygens (including phenoxy) is 1. The summed E-state index contributed by atoms with van der Waals surface area (Å²) in [6, 6.07) is 11.3. The highest BCUT2D eigenvalue weighted by Crippen LogP contribution is 2.48. The molecule has 0 bridgehead atoms. The average molecular weight is 595 g/mol. The van der Waals surface area contributed by atoms with E-state index in [0.29, 0.717) is 4.47 Å². The first kappa shape index (κ1) is 24.8. The maximum Gasteiger partial charge on any atom is 0.269 e. The summed E-state index contributed by atoms with van der Waals surface area (Å²) in [5, 5.41) is 11.0. The maximum absolute atomic E-state index is 13.8. The highest BCUT2D eigenvalue weighted by Gasteiger charge is 2.54. The van der Waals surface area contributed by atoms with E-state index in [2.05, 4.69) is 20.9 Å². The van der Waals surface area contributed by atoms with E-state index in [-0.39, 0.29) is 40.0 Å². The Morgan fingerprint density at radius 2 is 1.64 bits per heavy atom. The Balaban J connectivity index is 1.62. The topological polar surface area (TPSA) is 140 Å². The average Bonchev–Trinajstić information content (AvgIpc) is 3.18. The molecule has 0 saturated carbocycles. The van der Waals surface area contributed by atoms with E-state index in [9.17, 15) is 26.9 Å². The number of fused-ring (bicyclic) bond motifs is 3. The molecular formula is C22H19BrN4O7S2. The lowest BCUT2D eigenvalue weighted by molar-refractivity contribution is -0.384. The minimum Gasteiger partial charge on any atom is -0.354 e. The lowest BCUT2D eigenvalue weighted by Gasteiger charge is -2.38. The Labute approximate surface area is 215 Å². The van der Waals surface area contributed by atoms with Crippen LogP contribution in [0.2, 0.25) is 0 Å². The van der Waals surface area contributed by atoms with Gasteiger partial charge < -0.3 is 4.74 Å². The van der Waals surface area contributed by atoms with Crippen LogP contribution in [0.4, 0.5) is 11.4 Å². The largest absolute Gasteiger partial charge is 0.354 e. The Hall–Kier alpha value is -2.91. The standard InChI is InChI=1S/C22H19BrN4O7S2/c1-14-2-6-18(7-3-14)36(32,33)26-19-12-15(23)13-24-20(19)21-22(26)34-11-10-25(21)35(30,31)17-8-4-16(5-9-17)27(28)29/h2-9,12-13,21-22H,10-11H2,1H3/t21-,22-/m1/s1. The van der Waals surface area contributed by atoms with Crippen molar-refractivity contribution in [2.24, 2.45) is 0 Å². The summed E-state index contributed by atoms with van der Waals surface area (Å²) < 4.78 is 63.4. The molecule has 1 fully saturated rings. The predicted molar refractivity (Wildman–Crippen MR) is 132 cm³/mol. The fourth-order valence-corrected chi connectivity index (χ4v) is 7.77. The fourth-order valence-electron chi connectivity index (χ4n) is 4.32. The summed E-state index contributed by atoms with van der Waals surface area (Å²) >= 11 is 3.32. The lowest BCUT2D eigenvalue weighted by Crippen LogP contribution is -2.52. The van der Waals surface area contributed by atoms with Crippen LogP contribution in [-0.4, -0.2) is 50.4 Å². The van der Waals surface area contributed by atoms with Gasteiger partial charge in [-0.05, 0) is 53.2 Å². The van der Waals surface area contributed by atoms with Crippen LogP contribution in [0.25, 0.3) is 0 Å². The maximum atomic E-state index is 13.8. The van der Waals surface area contributed by atoms with Crippen LogP contribution in [0.15, 0.2) is 75.1 Å². The van der Waals surface area contributed by atoms with Crippen molar-refractivity contribution in [3.63, 3.8) is 0 Å². The van der Waals surface area contributed by atoms with Gasteiger partial charge in [0, 0.05) is 29.3 Å². The van der Waals surface area contributed by atoms with Crippen LogP contribution in [0.1, 0.15) is 17.3 Å². The number of nitro groups is 1. The molecule has 0 amide bonds. The van der Waals surface area contributed by atoms with Gasteiger partial charge in [-0.15, -0.1) is 0 Å². The second-order valence-electron chi connectivity index (χ2n) is 8.24. The van der Waals surface area contributed by atoms with Gasteiger partial charge in [-0.2, -0.15) is 4.31 Å². The number of hydrogen-bond donors (Lipinski definition) is 0. The van der Waals surface area contributed by atoms with Crippen LogP contribution < -0.4 is 4.31 Å². The Morgan fingerprint density at radius 1 is 1.03 bits per heavy atom. The summed E-state index contributed by atoms with van der Waals surface area (Å²) in [5.41, 5.74) is 1.06. The van der Waals surface area contributed by atoms with Gasteiger partial charge in [0.2, 0.25) is 10.0 Å². The molecule has 1 saturated heterocycles. The second-order valence-corrected chi connectivity index (χ2v) is 12.9. The first-order valence-electron chi connectivity index (χ1n) is 10.7. The normalized spacial score (nSPS) is 20.1. The third-order valence-electron chi connectivity index (χ3n) is 6.03. The first-order valence-corrected chi connectivity index (χ1v) is 14.3. The summed E-state index contributed by atoms with van der Waals surface area (Å²) in [6.07, 6.45) is 0.262. The van der Waals surface area contributed by atoms with Gasteiger partial charge >= 0.3 is 0 Å². The van der Waals surface area contributed by atoms with Crippen LogP contribution in [0, 0.1) is 17.0 Å². The summed E-state index contributed by atoms with van der Waals surface area (Å²) in [4.78, 5) is 14.6. The van der Waals surface area contributed by atoms with Gasteiger partial charge in [-0.25, -0.2) is 21.1 Å². The zero-order valence-corrected chi connectivity index (χ0v) is 21.9. The van der Waals surface area contributed by atoms with Gasteiger partial charge in [0.15, 0.2) is 6.23 Å². The zero-order valence-electron chi connectivity index (χ0n) is 18.7. The Bertz CT molecular complexity index is 1560. The lowest BCUT2D eigenvalue weighted by atomic mass is 10.2. The highest BCUT2D eigenvalue weighted by molar-refractivity contribution is 9.10. The molecule has 2 atom stereocenters. The number of non-ortho nitro benzene ring substituents is 1. The smallest absolute Gasteiger partial charge is 0.269 e. The number of nitro benzene ring substituents is 1. The third-order valence-corrected chi connectivity index (χ3v) is 10.1. The summed E-state index contributed by atoms with van der Waals surface area (Å²) in [6.45, 7) is 1.71. The van der Waals surface area contributed by atoms with Crippen molar-refractivity contribution in [1.82, 2.24) is 9.29 Å². The SMILES string of the molecule is Cc1ccc(S(=O)(=O)N2c3cc(Br)cnc3[C@@H]3[C@H]2OCCN3S(=O)(=O)c2ccc([N+](=O)[O-])cc2)cc1. The molecule has 36 heavy (non-hydrogen) atoms. The van der Waals surface area contributed by atoms with Crippen LogP contribution >= 0.6 is 15.9 Å². The van der Waals surface area contributed by atoms with E-state index in [0.717, 1.165) is 38.4 Å². The van der Waals surface area contributed by atoms with Gasteiger partial charge in [0.05, 0.1) is 32.7 Å². The number of anilines is 1. The Kier molecular flexibility index (Phi) is 6.11. The molecule has 1 aromatic heterocycles. The molecule has 0 radical (unpaired) electrons. The molecule has 3 heterocycles. The number of pyridine rings is 1. The van der Waals surface area contributed by atoms with Crippen molar-refractivity contribution in [1.29, 1.82) is 0 Å². The molecular weight excluding hydrogens is 576 g/mol. The molecule has 2 aliphatic rings. The monoisotopic (exact) mass is 594 g/mol. The molecule has 0 aliphatic carbocycles. The van der Waals surface area contributed by atoms with Crippen molar-refractivity contribution in [3.05, 3.63) is 86.6 Å². The van der Waals surface area contributed by atoms with Crippen molar-refractivity contribution in [2.45, 2.75) is 29.0 Å². The van der Waals surface area contributed by atoms with Crippen molar-refractivity contribution < 1.29 is 26.5 Å². The molecule has 188 valence electrons. The molecule has 0 N–H and O–H groups in total. The van der Waals surface area contributed by atoms with Gasteiger partial charge in [0.25, 0.3) is 15.7 Å². The van der Waals surface area contributed by atoms with Gasteiger partial charge in [-0.3, -0.25) is 15.1 Å². The van der Waals surface area contributed by atoms with E-state index >= 15 is 0 Å². The number of morpholine rings is 1. The molecule has 0 spiro atoms. The van der Waals surface area contributed by atoms with Gasteiger partial charge in [0.1, 0.15) is 6.04 Å². The molecule has 2 aliphatic heterocycles. The molecule has 3 aromatic rings. The third kappa shape index (κ3) is 3.98. The van der Waals surface area contributed by atoms with Crippen molar-refractivity contribution in [2.75, 3.05) is 17.5 Å². The second kappa shape index (κ2) is 8.88. The fraction of sp³-hybridized carbons (Fsp3) is 0.227. The number of aryl methyl sites for hydroxylation is 1. The molecule has 2 aromatic carbocycles. The molecule has 5 rings (SSSR count).